The molecule has 0 bridgehead atoms. The van der Waals surface area contributed by atoms with Crippen LogP contribution in [0.5, 0.6) is 5.75 Å². The molecule has 0 saturated carbocycles. The second-order valence-corrected chi connectivity index (χ2v) is 3.65. The Morgan fingerprint density at radius 2 is 1.89 bits per heavy atom. The summed E-state index contributed by atoms with van der Waals surface area (Å²) in [6.45, 7) is 1.34. The van der Waals surface area contributed by atoms with Gasteiger partial charge < -0.3 is 20.6 Å². The summed E-state index contributed by atoms with van der Waals surface area (Å²) in [5, 5.41) is 11.6. The minimum absolute atomic E-state index is 0. The third kappa shape index (κ3) is 4.84. The van der Waals surface area contributed by atoms with E-state index in [9.17, 15) is 9.59 Å². The number of methoxy groups -OCH3 is 1. The van der Waals surface area contributed by atoms with Crippen LogP contribution in [0.3, 0.4) is 0 Å². The van der Waals surface area contributed by atoms with E-state index >= 15 is 0 Å². The van der Waals surface area contributed by atoms with E-state index in [2.05, 4.69) is 10.1 Å². The van der Waals surface area contributed by atoms with Crippen LogP contribution in [0.1, 0.15) is 12.5 Å². The highest BCUT2D eigenvalue weighted by atomic mass is 16.5. The largest absolute Gasteiger partial charge is 0.508 e. The molecule has 4 N–H and O–H groups in total. The molecule has 18 heavy (non-hydrogen) atoms. The summed E-state index contributed by atoms with van der Waals surface area (Å²) in [6, 6.07) is 5.72. The minimum Gasteiger partial charge on any atom is -0.508 e. The average Bonchev–Trinajstić information content (AvgIpc) is 2.29. The van der Waals surface area contributed by atoms with Gasteiger partial charge in [-0.1, -0.05) is 12.1 Å². The molecule has 6 heteroatoms. The molecular formula is C12H17NO5. The smallest absolute Gasteiger partial charge is 0.328 e. The zero-order valence-corrected chi connectivity index (χ0v) is 10.3. The summed E-state index contributed by atoms with van der Waals surface area (Å²) >= 11 is 0. The Hall–Kier alpha value is -2.08. The number of ether oxygens (including phenoxy) is 1. The Morgan fingerprint density at radius 1 is 1.33 bits per heavy atom. The van der Waals surface area contributed by atoms with Crippen LogP contribution in [0, 0.1) is 0 Å². The lowest BCUT2D eigenvalue weighted by Gasteiger charge is -2.15. The molecule has 1 atom stereocenters. The molecule has 0 unspecified atom stereocenters. The number of hydrogen-bond donors (Lipinski definition) is 2. The molecular weight excluding hydrogens is 238 g/mol. The maximum absolute atomic E-state index is 11.4. The first-order valence-electron chi connectivity index (χ1n) is 5.15. The Bertz CT molecular complexity index is 401. The van der Waals surface area contributed by atoms with Crippen molar-refractivity contribution in [3.63, 3.8) is 0 Å². The lowest BCUT2D eigenvalue weighted by atomic mass is 10.1. The fourth-order valence-corrected chi connectivity index (χ4v) is 1.45. The van der Waals surface area contributed by atoms with E-state index < -0.39 is 12.0 Å². The maximum atomic E-state index is 11.4. The van der Waals surface area contributed by atoms with E-state index in [-0.39, 0.29) is 17.1 Å². The first-order valence-corrected chi connectivity index (χ1v) is 5.15. The van der Waals surface area contributed by atoms with Crippen molar-refractivity contribution < 1.29 is 24.9 Å². The number of carbonyl (C=O) groups is 2. The van der Waals surface area contributed by atoms with Crippen LogP contribution in [0.2, 0.25) is 0 Å². The van der Waals surface area contributed by atoms with Crippen molar-refractivity contribution in [1.82, 2.24) is 5.32 Å². The Balaban J connectivity index is 0.00000289. The predicted molar refractivity (Wildman–Crippen MR) is 65.0 cm³/mol. The van der Waals surface area contributed by atoms with E-state index in [1.165, 1.54) is 26.2 Å². The first-order chi connectivity index (χ1) is 8.02. The molecule has 0 fully saturated rings. The maximum Gasteiger partial charge on any atom is 0.328 e. The van der Waals surface area contributed by atoms with Gasteiger partial charge in [-0.15, -0.1) is 0 Å². The van der Waals surface area contributed by atoms with Crippen molar-refractivity contribution in [3.8, 4) is 5.75 Å². The van der Waals surface area contributed by atoms with Gasteiger partial charge in [-0.25, -0.2) is 4.79 Å². The number of rotatable bonds is 4. The Morgan fingerprint density at radius 3 is 2.33 bits per heavy atom. The van der Waals surface area contributed by atoms with E-state index in [0.29, 0.717) is 6.42 Å². The van der Waals surface area contributed by atoms with E-state index in [0.717, 1.165) is 5.56 Å². The summed E-state index contributed by atoms with van der Waals surface area (Å²) in [5.41, 5.74) is 0.826. The molecule has 0 aliphatic heterocycles. The van der Waals surface area contributed by atoms with Gasteiger partial charge in [0.05, 0.1) is 7.11 Å². The highest BCUT2D eigenvalue weighted by Gasteiger charge is 2.20. The second kappa shape index (κ2) is 7.29. The van der Waals surface area contributed by atoms with Crippen molar-refractivity contribution >= 4 is 11.9 Å². The molecule has 0 aromatic heterocycles. The molecule has 0 heterocycles. The summed E-state index contributed by atoms with van der Waals surface area (Å²) in [6.07, 6.45) is 0.326. The van der Waals surface area contributed by atoms with Gasteiger partial charge in [-0.3, -0.25) is 4.79 Å². The van der Waals surface area contributed by atoms with Crippen LogP contribution >= 0.6 is 0 Å². The number of benzene rings is 1. The van der Waals surface area contributed by atoms with Crippen LogP contribution in [0.15, 0.2) is 24.3 Å². The topological polar surface area (TPSA) is 107 Å². The van der Waals surface area contributed by atoms with Gasteiger partial charge in [0, 0.05) is 13.3 Å². The van der Waals surface area contributed by atoms with Gasteiger partial charge in [0.2, 0.25) is 5.91 Å². The normalized spacial score (nSPS) is 11.0. The zero-order chi connectivity index (χ0) is 12.8. The van der Waals surface area contributed by atoms with Crippen LogP contribution in [0.25, 0.3) is 0 Å². The molecule has 1 amide bonds. The van der Waals surface area contributed by atoms with Crippen LogP contribution in [-0.4, -0.2) is 35.6 Å². The highest BCUT2D eigenvalue weighted by Crippen LogP contribution is 2.11. The monoisotopic (exact) mass is 255 g/mol. The van der Waals surface area contributed by atoms with Crippen molar-refractivity contribution in [1.29, 1.82) is 0 Å². The number of aromatic hydroxyl groups is 1. The molecule has 0 radical (unpaired) electrons. The van der Waals surface area contributed by atoms with Gasteiger partial charge >= 0.3 is 5.97 Å². The molecule has 6 nitrogen and oxygen atoms in total. The molecule has 0 aliphatic carbocycles. The summed E-state index contributed by atoms with van der Waals surface area (Å²) in [5.74, 6) is -0.629. The summed E-state index contributed by atoms with van der Waals surface area (Å²) < 4.78 is 4.61. The van der Waals surface area contributed by atoms with Gasteiger partial charge in [-0.05, 0) is 17.7 Å². The van der Waals surface area contributed by atoms with Crippen molar-refractivity contribution in [2.45, 2.75) is 19.4 Å². The van der Waals surface area contributed by atoms with Crippen LogP contribution in [0.4, 0.5) is 0 Å². The predicted octanol–water partition coefficient (Wildman–Crippen LogP) is -0.212. The molecule has 100 valence electrons. The lowest BCUT2D eigenvalue weighted by molar-refractivity contribution is -0.144. The van der Waals surface area contributed by atoms with Gasteiger partial charge in [0.25, 0.3) is 0 Å². The SMILES string of the molecule is COC(=O)[C@H](Cc1ccc(O)cc1)NC(C)=O.O. The fraction of sp³-hybridized carbons (Fsp3) is 0.333. The van der Waals surface area contributed by atoms with Gasteiger partial charge in [0.1, 0.15) is 11.8 Å². The molecule has 1 aromatic rings. The summed E-state index contributed by atoms with van der Waals surface area (Å²) in [4.78, 5) is 22.4. The van der Waals surface area contributed by atoms with Crippen LogP contribution < -0.4 is 5.32 Å². The van der Waals surface area contributed by atoms with E-state index in [1.807, 2.05) is 0 Å². The van der Waals surface area contributed by atoms with Crippen molar-refractivity contribution in [3.05, 3.63) is 29.8 Å². The molecule has 0 aliphatic rings. The second-order valence-electron chi connectivity index (χ2n) is 3.65. The van der Waals surface area contributed by atoms with Crippen molar-refractivity contribution in [2.24, 2.45) is 0 Å². The van der Waals surface area contributed by atoms with E-state index in [4.69, 9.17) is 5.11 Å². The van der Waals surface area contributed by atoms with Gasteiger partial charge in [-0.2, -0.15) is 0 Å². The molecule has 1 aromatic carbocycles. The number of nitrogens with one attached hydrogen (secondary N) is 1. The standard InChI is InChI=1S/C12H15NO4.H2O/c1-8(14)13-11(12(16)17-2)7-9-3-5-10(15)6-4-9;/h3-6,11,15H,7H2,1-2H3,(H,13,14);1H2/t11-;/m0./s1. The lowest BCUT2D eigenvalue weighted by Crippen LogP contribution is -2.41. The highest BCUT2D eigenvalue weighted by molar-refractivity contribution is 5.83. The Labute approximate surface area is 105 Å². The third-order valence-electron chi connectivity index (χ3n) is 2.24. The number of amides is 1. The molecule has 0 saturated heterocycles. The fourth-order valence-electron chi connectivity index (χ4n) is 1.45. The van der Waals surface area contributed by atoms with E-state index in [1.54, 1.807) is 12.1 Å². The quantitative estimate of drug-likeness (QED) is 0.725. The number of phenols is 1. The number of carbonyl (C=O) groups excluding carboxylic acids is 2. The molecule has 0 spiro atoms. The minimum atomic E-state index is -0.706. The number of hydrogen-bond acceptors (Lipinski definition) is 4. The number of esters is 1. The average molecular weight is 255 g/mol. The first kappa shape index (κ1) is 15.9. The number of phenolic OH excluding ortho intramolecular Hbond substituents is 1. The Kier molecular flexibility index (Phi) is 6.44. The third-order valence-corrected chi connectivity index (χ3v) is 2.24. The zero-order valence-electron chi connectivity index (χ0n) is 10.3. The summed E-state index contributed by atoms with van der Waals surface area (Å²) in [7, 11) is 1.27. The van der Waals surface area contributed by atoms with Crippen LogP contribution in [-0.2, 0) is 20.7 Å². The molecule has 1 rings (SSSR count). The van der Waals surface area contributed by atoms with Gasteiger partial charge in [0.15, 0.2) is 0 Å². The van der Waals surface area contributed by atoms with Crippen molar-refractivity contribution in [2.75, 3.05) is 7.11 Å².